The van der Waals surface area contributed by atoms with Gasteiger partial charge in [-0.3, -0.25) is 9.36 Å². The van der Waals surface area contributed by atoms with Crippen LogP contribution in [0, 0.1) is 0 Å². The molecule has 1 aromatic carbocycles. The summed E-state index contributed by atoms with van der Waals surface area (Å²) >= 11 is 0. The Labute approximate surface area is 187 Å². The summed E-state index contributed by atoms with van der Waals surface area (Å²) in [6.07, 6.45) is 9.49. The van der Waals surface area contributed by atoms with Crippen molar-refractivity contribution >= 4 is 16.9 Å². The number of imidazole rings is 1. The van der Waals surface area contributed by atoms with E-state index in [4.69, 9.17) is 0 Å². The Bertz CT molecular complexity index is 1140. The molecule has 2 saturated heterocycles. The number of hydrogen-bond acceptors (Lipinski definition) is 5. The minimum absolute atomic E-state index is 0.00316. The van der Waals surface area contributed by atoms with E-state index in [2.05, 4.69) is 45.0 Å². The van der Waals surface area contributed by atoms with Crippen LogP contribution in [0.5, 0.6) is 0 Å². The van der Waals surface area contributed by atoms with Crippen molar-refractivity contribution in [3.63, 3.8) is 0 Å². The quantitative estimate of drug-likeness (QED) is 0.682. The van der Waals surface area contributed by atoms with Crippen LogP contribution >= 0.6 is 0 Å². The number of aryl methyl sites for hydroxylation is 1. The fourth-order valence-corrected chi connectivity index (χ4v) is 5.30. The van der Waals surface area contributed by atoms with Gasteiger partial charge in [-0.15, -0.1) is 0 Å². The van der Waals surface area contributed by atoms with E-state index in [1.807, 2.05) is 9.47 Å². The predicted octanol–water partition coefficient (Wildman–Crippen LogP) is 2.62. The molecule has 1 amide bonds. The topological polar surface area (TPSA) is 87.1 Å². The highest BCUT2D eigenvalue weighted by Gasteiger charge is 2.31. The smallest absolute Gasteiger partial charge is 0.326 e. The highest BCUT2D eigenvalue weighted by Crippen LogP contribution is 2.28. The van der Waals surface area contributed by atoms with E-state index in [0.717, 1.165) is 69.3 Å². The van der Waals surface area contributed by atoms with Gasteiger partial charge in [0.05, 0.1) is 16.6 Å². The zero-order valence-corrected chi connectivity index (χ0v) is 18.5. The summed E-state index contributed by atoms with van der Waals surface area (Å²) in [6, 6.07) is 7.04. The SMILES string of the molecule is CCc1ccc2c(c1)[nH]c(=O)n2C1CCN(C2CCN(C(=O)c3cncnc3)CC2)CC1. The first-order chi connectivity index (χ1) is 15.6. The molecule has 168 valence electrons. The largest absolute Gasteiger partial charge is 0.338 e. The maximum atomic E-state index is 12.7. The lowest BCUT2D eigenvalue weighted by Crippen LogP contribution is -2.49. The standard InChI is InChI=1S/C24H30N6O2/c1-2-17-3-4-22-21(13-17)27-24(32)30(22)20-7-9-28(10-8-20)19-5-11-29(12-6-19)23(31)18-14-25-16-26-15-18/h3-4,13-16,19-20H,2,5-12H2,1H3,(H,27,32). The molecule has 0 radical (unpaired) electrons. The molecule has 2 aliphatic heterocycles. The molecule has 2 fully saturated rings. The monoisotopic (exact) mass is 434 g/mol. The number of benzene rings is 1. The van der Waals surface area contributed by atoms with Crippen LogP contribution < -0.4 is 5.69 Å². The second-order valence-electron chi connectivity index (χ2n) is 8.92. The number of likely N-dealkylation sites (tertiary alicyclic amines) is 2. The molecule has 0 atom stereocenters. The first-order valence-corrected chi connectivity index (χ1v) is 11.7. The second kappa shape index (κ2) is 8.86. The zero-order chi connectivity index (χ0) is 22.1. The van der Waals surface area contributed by atoms with Crippen molar-refractivity contribution in [2.75, 3.05) is 26.2 Å². The molecule has 2 aliphatic rings. The molecule has 2 aromatic heterocycles. The van der Waals surface area contributed by atoms with Gasteiger partial charge in [-0.05, 0) is 49.8 Å². The average Bonchev–Trinajstić information content (AvgIpc) is 3.19. The number of aromatic amines is 1. The number of rotatable bonds is 4. The van der Waals surface area contributed by atoms with Crippen LogP contribution in [0.25, 0.3) is 11.0 Å². The summed E-state index contributed by atoms with van der Waals surface area (Å²) < 4.78 is 1.97. The molecule has 0 spiro atoms. The number of hydrogen-bond donors (Lipinski definition) is 1. The Morgan fingerprint density at radius 3 is 2.41 bits per heavy atom. The lowest BCUT2D eigenvalue weighted by atomic mass is 9.97. The fourth-order valence-electron chi connectivity index (χ4n) is 5.30. The molecule has 0 aliphatic carbocycles. The molecule has 4 heterocycles. The lowest BCUT2D eigenvalue weighted by Gasteiger charge is -2.42. The zero-order valence-electron chi connectivity index (χ0n) is 18.5. The van der Waals surface area contributed by atoms with Gasteiger partial charge in [-0.25, -0.2) is 14.8 Å². The summed E-state index contributed by atoms with van der Waals surface area (Å²) in [4.78, 5) is 40.8. The molecular formula is C24H30N6O2. The maximum Gasteiger partial charge on any atom is 0.326 e. The number of H-pyrrole nitrogens is 1. The molecule has 3 aromatic rings. The first-order valence-electron chi connectivity index (χ1n) is 11.7. The van der Waals surface area contributed by atoms with Gasteiger partial charge in [0, 0.05) is 50.7 Å². The third-order valence-electron chi connectivity index (χ3n) is 7.13. The number of nitrogens with one attached hydrogen (secondary N) is 1. The van der Waals surface area contributed by atoms with E-state index in [1.165, 1.54) is 11.9 Å². The Kier molecular flexibility index (Phi) is 5.78. The van der Waals surface area contributed by atoms with E-state index in [0.29, 0.717) is 11.6 Å². The van der Waals surface area contributed by atoms with Gasteiger partial charge in [0.15, 0.2) is 0 Å². The van der Waals surface area contributed by atoms with E-state index in [1.54, 1.807) is 12.4 Å². The highest BCUT2D eigenvalue weighted by atomic mass is 16.2. The van der Waals surface area contributed by atoms with Gasteiger partial charge in [-0.2, -0.15) is 0 Å². The molecule has 8 nitrogen and oxygen atoms in total. The normalized spacial score (nSPS) is 19.0. The van der Waals surface area contributed by atoms with E-state index >= 15 is 0 Å². The van der Waals surface area contributed by atoms with Gasteiger partial charge in [0.25, 0.3) is 5.91 Å². The minimum Gasteiger partial charge on any atom is -0.338 e. The maximum absolute atomic E-state index is 12.7. The summed E-state index contributed by atoms with van der Waals surface area (Å²) in [6.45, 7) is 5.63. The number of fused-ring (bicyclic) bond motifs is 1. The Balaban J connectivity index is 1.19. The Hall–Kier alpha value is -3.00. The Morgan fingerprint density at radius 2 is 1.72 bits per heavy atom. The van der Waals surface area contributed by atoms with Crippen molar-refractivity contribution in [1.82, 2.24) is 29.3 Å². The third-order valence-corrected chi connectivity index (χ3v) is 7.13. The van der Waals surface area contributed by atoms with Crippen LogP contribution in [-0.2, 0) is 6.42 Å². The Morgan fingerprint density at radius 1 is 1.03 bits per heavy atom. The van der Waals surface area contributed by atoms with Gasteiger partial charge in [0.2, 0.25) is 0 Å². The van der Waals surface area contributed by atoms with Gasteiger partial charge in [0.1, 0.15) is 6.33 Å². The van der Waals surface area contributed by atoms with Crippen LogP contribution in [0.15, 0.2) is 41.7 Å². The second-order valence-corrected chi connectivity index (χ2v) is 8.92. The van der Waals surface area contributed by atoms with Crippen LogP contribution in [0.3, 0.4) is 0 Å². The van der Waals surface area contributed by atoms with Crippen molar-refractivity contribution in [2.45, 2.75) is 51.1 Å². The van der Waals surface area contributed by atoms with Crippen LogP contribution in [-0.4, -0.2) is 67.4 Å². The predicted molar refractivity (Wildman–Crippen MR) is 123 cm³/mol. The van der Waals surface area contributed by atoms with Crippen molar-refractivity contribution in [3.05, 3.63) is 58.5 Å². The van der Waals surface area contributed by atoms with Gasteiger partial charge >= 0.3 is 5.69 Å². The van der Waals surface area contributed by atoms with E-state index in [9.17, 15) is 9.59 Å². The summed E-state index contributed by atoms with van der Waals surface area (Å²) in [5, 5.41) is 0. The molecule has 0 saturated carbocycles. The molecule has 32 heavy (non-hydrogen) atoms. The van der Waals surface area contributed by atoms with Gasteiger partial charge in [-0.1, -0.05) is 13.0 Å². The van der Waals surface area contributed by atoms with Crippen LogP contribution in [0.4, 0.5) is 0 Å². The van der Waals surface area contributed by atoms with Crippen molar-refractivity contribution in [2.24, 2.45) is 0 Å². The average molecular weight is 435 g/mol. The number of nitrogens with zero attached hydrogens (tertiary/aromatic N) is 5. The molecule has 5 rings (SSSR count). The number of piperidine rings is 2. The highest BCUT2D eigenvalue weighted by molar-refractivity contribution is 5.93. The van der Waals surface area contributed by atoms with Gasteiger partial charge < -0.3 is 14.8 Å². The number of amides is 1. The lowest BCUT2D eigenvalue weighted by molar-refractivity contribution is 0.0557. The number of carbonyl (C=O) groups excluding carboxylic acids is 1. The fraction of sp³-hybridized carbons (Fsp3) is 0.500. The first kappa shape index (κ1) is 20.9. The molecule has 8 heteroatoms. The molecule has 0 bridgehead atoms. The number of aromatic nitrogens is 4. The van der Waals surface area contributed by atoms with Crippen molar-refractivity contribution < 1.29 is 4.79 Å². The van der Waals surface area contributed by atoms with Crippen LogP contribution in [0.2, 0.25) is 0 Å². The van der Waals surface area contributed by atoms with E-state index < -0.39 is 0 Å². The molecule has 1 N–H and O–H groups in total. The summed E-state index contributed by atoms with van der Waals surface area (Å²) in [5.41, 5.74) is 3.76. The molecular weight excluding hydrogens is 404 g/mol. The van der Waals surface area contributed by atoms with Crippen molar-refractivity contribution in [1.29, 1.82) is 0 Å². The van der Waals surface area contributed by atoms with E-state index in [-0.39, 0.29) is 17.6 Å². The molecule has 0 unspecified atom stereocenters. The minimum atomic E-state index is 0.00316. The van der Waals surface area contributed by atoms with Crippen LogP contribution in [0.1, 0.15) is 54.6 Å². The third kappa shape index (κ3) is 3.95. The van der Waals surface area contributed by atoms with Crippen molar-refractivity contribution in [3.8, 4) is 0 Å². The summed E-state index contributed by atoms with van der Waals surface area (Å²) in [5.74, 6) is 0.0210. The number of carbonyl (C=O) groups is 1. The summed E-state index contributed by atoms with van der Waals surface area (Å²) in [7, 11) is 0.